The summed E-state index contributed by atoms with van der Waals surface area (Å²) < 4.78 is 0. The van der Waals surface area contributed by atoms with Gasteiger partial charge in [0.05, 0.1) is 0 Å². The molecule has 0 rings (SSSR count). The highest BCUT2D eigenvalue weighted by Gasteiger charge is 2.30. The second-order valence-electron chi connectivity index (χ2n) is 3.99. The highest BCUT2D eigenvalue weighted by Crippen LogP contribution is 2.14. The number of nitrogens with two attached hydrogens (primary N) is 2. The van der Waals surface area contributed by atoms with Gasteiger partial charge in [-0.2, -0.15) is 0 Å². The van der Waals surface area contributed by atoms with E-state index in [1.807, 2.05) is 0 Å². The number of nitrogens with zero attached hydrogens (tertiary/aromatic N) is 2. The zero-order valence-electron chi connectivity index (χ0n) is 9.85. The molecule has 92 valence electrons. The van der Waals surface area contributed by atoms with Crippen LogP contribution < -0.4 is 11.5 Å². The molecule has 6 nitrogen and oxygen atoms in total. The Balaban J connectivity index is 4.67. The lowest BCUT2D eigenvalue weighted by Crippen LogP contribution is -2.59. The Bertz CT molecular complexity index is 170. The Morgan fingerprint density at radius 3 is 1.93 bits per heavy atom. The first-order valence-corrected chi connectivity index (χ1v) is 5.19. The van der Waals surface area contributed by atoms with E-state index in [1.165, 1.54) is 0 Å². The molecule has 0 aliphatic rings. The SMILES string of the molecule is CC(O)N(CCN)N(CCN)C(C)(C)O. The summed E-state index contributed by atoms with van der Waals surface area (Å²) in [5.74, 6) is 0. The van der Waals surface area contributed by atoms with Gasteiger partial charge in [-0.1, -0.05) is 0 Å². The summed E-state index contributed by atoms with van der Waals surface area (Å²) in [4.78, 5) is 0. The molecular weight excluding hydrogens is 196 g/mol. The molecule has 0 aromatic carbocycles. The van der Waals surface area contributed by atoms with Gasteiger partial charge in [-0.3, -0.25) is 0 Å². The molecule has 1 unspecified atom stereocenters. The van der Waals surface area contributed by atoms with Gasteiger partial charge in [-0.15, -0.1) is 0 Å². The Hall–Kier alpha value is -0.240. The van der Waals surface area contributed by atoms with Crippen molar-refractivity contribution >= 4 is 0 Å². The number of rotatable bonds is 7. The number of aliphatic hydroxyl groups excluding tert-OH is 1. The van der Waals surface area contributed by atoms with Crippen LogP contribution in [-0.4, -0.2) is 58.4 Å². The number of hydrogen-bond donors (Lipinski definition) is 4. The lowest BCUT2D eigenvalue weighted by Gasteiger charge is -2.43. The third-order valence-electron chi connectivity index (χ3n) is 2.07. The highest BCUT2D eigenvalue weighted by atomic mass is 16.3. The van der Waals surface area contributed by atoms with Gasteiger partial charge in [0.15, 0.2) is 0 Å². The second kappa shape index (κ2) is 6.37. The predicted molar refractivity (Wildman–Crippen MR) is 59.5 cm³/mol. The van der Waals surface area contributed by atoms with Gasteiger partial charge in [0.1, 0.15) is 12.0 Å². The Morgan fingerprint density at radius 1 is 1.20 bits per heavy atom. The van der Waals surface area contributed by atoms with E-state index in [2.05, 4.69) is 0 Å². The predicted octanol–water partition coefficient (Wildman–Crippen LogP) is -1.51. The topological polar surface area (TPSA) is 99.0 Å². The number of hydrazine groups is 1. The smallest absolute Gasteiger partial charge is 0.125 e. The molecule has 15 heavy (non-hydrogen) atoms. The van der Waals surface area contributed by atoms with Crippen molar-refractivity contribution in [3.63, 3.8) is 0 Å². The first-order valence-electron chi connectivity index (χ1n) is 5.19. The minimum absolute atomic E-state index is 0.401. The Labute approximate surface area is 91.4 Å². The molecule has 0 saturated carbocycles. The van der Waals surface area contributed by atoms with Crippen LogP contribution in [0, 0.1) is 0 Å². The van der Waals surface area contributed by atoms with Crippen LogP contribution in [0.2, 0.25) is 0 Å². The quantitative estimate of drug-likeness (QED) is 0.307. The zero-order valence-corrected chi connectivity index (χ0v) is 9.85. The van der Waals surface area contributed by atoms with Crippen LogP contribution in [0.25, 0.3) is 0 Å². The third-order valence-corrected chi connectivity index (χ3v) is 2.07. The molecular formula is C9H24N4O2. The molecule has 6 heteroatoms. The van der Waals surface area contributed by atoms with E-state index >= 15 is 0 Å². The van der Waals surface area contributed by atoms with Crippen molar-refractivity contribution in [2.24, 2.45) is 11.5 Å². The summed E-state index contributed by atoms with van der Waals surface area (Å²) >= 11 is 0. The maximum absolute atomic E-state index is 9.93. The van der Waals surface area contributed by atoms with Gasteiger partial charge < -0.3 is 21.7 Å². The first-order chi connectivity index (χ1) is 6.84. The maximum Gasteiger partial charge on any atom is 0.125 e. The van der Waals surface area contributed by atoms with E-state index in [9.17, 15) is 10.2 Å². The monoisotopic (exact) mass is 220 g/mol. The van der Waals surface area contributed by atoms with Crippen molar-refractivity contribution in [2.75, 3.05) is 26.2 Å². The normalized spacial score (nSPS) is 15.0. The van der Waals surface area contributed by atoms with Crippen LogP contribution in [0.1, 0.15) is 20.8 Å². The van der Waals surface area contributed by atoms with Crippen LogP contribution in [-0.2, 0) is 0 Å². The summed E-state index contributed by atoms with van der Waals surface area (Å²) in [6.07, 6.45) is -0.702. The first kappa shape index (κ1) is 14.8. The van der Waals surface area contributed by atoms with E-state index in [-0.39, 0.29) is 0 Å². The van der Waals surface area contributed by atoms with E-state index < -0.39 is 12.0 Å². The van der Waals surface area contributed by atoms with E-state index in [1.54, 1.807) is 30.8 Å². The lowest BCUT2D eigenvalue weighted by atomic mass is 10.3. The Morgan fingerprint density at radius 2 is 1.67 bits per heavy atom. The lowest BCUT2D eigenvalue weighted by molar-refractivity contribution is -0.235. The van der Waals surface area contributed by atoms with E-state index in [4.69, 9.17) is 11.5 Å². The molecule has 0 aromatic rings. The maximum atomic E-state index is 9.93. The fourth-order valence-corrected chi connectivity index (χ4v) is 1.48. The van der Waals surface area contributed by atoms with Gasteiger partial charge in [-0.25, -0.2) is 10.0 Å². The summed E-state index contributed by atoms with van der Waals surface area (Å²) in [5, 5.41) is 22.8. The molecule has 0 spiro atoms. The number of hydrogen-bond acceptors (Lipinski definition) is 6. The summed E-state index contributed by atoms with van der Waals surface area (Å²) in [6.45, 7) is 6.67. The van der Waals surface area contributed by atoms with Crippen LogP contribution in [0.5, 0.6) is 0 Å². The fourth-order valence-electron chi connectivity index (χ4n) is 1.48. The molecule has 1 atom stereocenters. The van der Waals surface area contributed by atoms with Crippen molar-refractivity contribution < 1.29 is 10.2 Å². The van der Waals surface area contributed by atoms with Crippen molar-refractivity contribution in [1.82, 2.24) is 10.0 Å². The van der Waals surface area contributed by atoms with Gasteiger partial charge >= 0.3 is 0 Å². The van der Waals surface area contributed by atoms with Crippen molar-refractivity contribution in [2.45, 2.75) is 32.7 Å². The minimum Gasteiger partial charge on any atom is -0.377 e. The molecule has 6 N–H and O–H groups in total. The van der Waals surface area contributed by atoms with Gasteiger partial charge in [0, 0.05) is 26.2 Å². The van der Waals surface area contributed by atoms with E-state index in [0.717, 1.165) is 0 Å². The van der Waals surface area contributed by atoms with E-state index in [0.29, 0.717) is 26.2 Å². The fraction of sp³-hybridized carbons (Fsp3) is 1.00. The molecule has 0 aliphatic carbocycles. The van der Waals surface area contributed by atoms with Crippen molar-refractivity contribution in [3.8, 4) is 0 Å². The summed E-state index contributed by atoms with van der Waals surface area (Å²) in [6, 6.07) is 0. The summed E-state index contributed by atoms with van der Waals surface area (Å²) in [5.41, 5.74) is 9.86. The summed E-state index contributed by atoms with van der Waals surface area (Å²) in [7, 11) is 0. The highest BCUT2D eigenvalue weighted by molar-refractivity contribution is 4.70. The molecule has 0 amide bonds. The molecule has 0 radical (unpaired) electrons. The van der Waals surface area contributed by atoms with Crippen molar-refractivity contribution in [3.05, 3.63) is 0 Å². The largest absolute Gasteiger partial charge is 0.377 e. The second-order valence-corrected chi connectivity index (χ2v) is 3.99. The number of aliphatic hydroxyl groups is 2. The molecule has 0 heterocycles. The van der Waals surface area contributed by atoms with Gasteiger partial charge in [-0.05, 0) is 20.8 Å². The van der Waals surface area contributed by atoms with Crippen LogP contribution in [0.3, 0.4) is 0 Å². The van der Waals surface area contributed by atoms with Crippen LogP contribution >= 0.6 is 0 Å². The molecule has 0 saturated heterocycles. The molecule has 0 bridgehead atoms. The zero-order chi connectivity index (χ0) is 12.1. The average molecular weight is 220 g/mol. The molecule has 0 aromatic heterocycles. The van der Waals surface area contributed by atoms with Gasteiger partial charge in [0.2, 0.25) is 0 Å². The van der Waals surface area contributed by atoms with Gasteiger partial charge in [0.25, 0.3) is 0 Å². The minimum atomic E-state index is -1.06. The standard InChI is InChI=1S/C9H24N4O2/c1-8(14)12(6-4-10)13(7-5-11)9(2,3)15/h8,14-15H,4-7,10-11H2,1-3H3. The third kappa shape index (κ3) is 4.87. The van der Waals surface area contributed by atoms with Crippen LogP contribution in [0.15, 0.2) is 0 Å². The molecule has 0 aliphatic heterocycles. The van der Waals surface area contributed by atoms with Crippen molar-refractivity contribution in [1.29, 1.82) is 0 Å². The Kier molecular flexibility index (Phi) is 6.26. The van der Waals surface area contributed by atoms with Crippen LogP contribution in [0.4, 0.5) is 0 Å². The average Bonchev–Trinajstić information content (AvgIpc) is 2.09. The molecule has 0 fully saturated rings.